The highest BCUT2D eigenvalue weighted by Crippen LogP contribution is 2.38. The number of anilines is 1. The normalized spacial score (nSPS) is 21.9. The summed E-state index contributed by atoms with van der Waals surface area (Å²) in [4.78, 5) is 8.85. The molecule has 1 N–H and O–H groups in total. The molecule has 4 heteroatoms. The molecule has 0 aromatic carbocycles. The highest BCUT2D eigenvalue weighted by molar-refractivity contribution is 5.32. The van der Waals surface area contributed by atoms with Crippen molar-refractivity contribution >= 4 is 5.95 Å². The number of hydrogen-bond acceptors (Lipinski definition) is 4. The van der Waals surface area contributed by atoms with E-state index in [1.54, 1.807) is 0 Å². The second-order valence-corrected chi connectivity index (χ2v) is 5.68. The van der Waals surface area contributed by atoms with Crippen molar-refractivity contribution in [3.63, 3.8) is 0 Å². The Morgan fingerprint density at radius 3 is 2.83 bits per heavy atom. The minimum absolute atomic E-state index is 0.318. The Labute approximate surface area is 109 Å². The van der Waals surface area contributed by atoms with Crippen LogP contribution in [0.5, 0.6) is 5.88 Å². The maximum Gasteiger partial charge on any atom is 0.226 e. The minimum Gasteiger partial charge on any atom is -0.478 e. The average Bonchev–Trinajstić information content (AvgIpc) is 2.58. The predicted molar refractivity (Wildman–Crippen MR) is 73.0 cm³/mol. The number of rotatable bonds is 4. The van der Waals surface area contributed by atoms with Gasteiger partial charge in [-0.15, -0.1) is 0 Å². The number of nitrogens with one attached hydrogen (secondary N) is 1. The van der Waals surface area contributed by atoms with E-state index in [1.807, 2.05) is 19.9 Å². The minimum atomic E-state index is 0.318. The van der Waals surface area contributed by atoms with Crippen molar-refractivity contribution in [3.8, 4) is 5.88 Å². The lowest BCUT2D eigenvalue weighted by atomic mass is 9.87. The van der Waals surface area contributed by atoms with Crippen LogP contribution >= 0.6 is 0 Å². The molecule has 18 heavy (non-hydrogen) atoms. The summed E-state index contributed by atoms with van der Waals surface area (Å²) in [6.45, 7) is 9.17. The van der Waals surface area contributed by atoms with Gasteiger partial charge in [0.2, 0.25) is 11.8 Å². The lowest BCUT2D eigenvalue weighted by Crippen LogP contribution is -2.31. The number of aryl methyl sites for hydroxylation is 1. The SMILES string of the molecule is CCOc1cc(C)nc(NC2CCCC2(C)C)n1. The Bertz CT molecular complexity index is 418. The van der Waals surface area contributed by atoms with Gasteiger partial charge >= 0.3 is 0 Å². The summed E-state index contributed by atoms with van der Waals surface area (Å²) < 4.78 is 5.45. The van der Waals surface area contributed by atoms with E-state index in [9.17, 15) is 0 Å². The molecule has 0 spiro atoms. The summed E-state index contributed by atoms with van der Waals surface area (Å²) in [5.74, 6) is 1.35. The van der Waals surface area contributed by atoms with Crippen LogP contribution in [0.15, 0.2) is 6.07 Å². The predicted octanol–water partition coefficient (Wildman–Crippen LogP) is 3.17. The molecule has 1 aliphatic carbocycles. The third kappa shape index (κ3) is 2.92. The monoisotopic (exact) mass is 249 g/mol. The van der Waals surface area contributed by atoms with Gasteiger partial charge in [0.05, 0.1) is 6.61 Å². The molecule has 0 bridgehead atoms. The largest absolute Gasteiger partial charge is 0.478 e. The summed E-state index contributed by atoms with van der Waals surface area (Å²) in [5.41, 5.74) is 1.26. The second-order valence-electron chi connectivity index (χ2n) is 5.68. The third-order valence-electron chi connectivity index (χ3n) is 3.68. The molecule has 1 unspecified atom stereocenters. The van der Waals surface area contributed by atoms with Gasteiger partial charge in [0.15, 0.2) is 0 Å². The van der Waals surface area contributed by atoms with E-state index in [1.165, 1.54) is 19.3 Å². The molecule has 0 aliphatic heterocycles. The summed E-state index contributed by atoms with van der Waals surface area (Å²) >= 11 is 0. The second kappa shape index (κ2) is 5.12. The molecule has 1 aromatic rings. The van der Waals surface area contributed by atoms with E-state index in [4.69, 9.17) is 4.74 Å². The Morgan fingerprint density at radius 1 is 1.44 bits per heavy atom. The van der Waals surface area contributed by atoms with Gasteiger partial charge in [-0.3, -0.25) is 0 Å². The summed E-state index contributed by atoms with van der Waals surface area (Å²) in [6, 6.07) is 2.32. The van der Waals surface area contributed by atoms with Gasteiger partial charge in [-0.25, -0.2) is 4.98 Å². The number of nitrogens with zero attached hydrogens (tertiary/aromatic N) is 2. The van der Waals surface area contributed by atoms with Crippen LogP contribution < -0.4 is 10.1 Å². The molecule has 100 valence electrons. The maximum absolute atomic E-state index is 5.45. The fraction of sp³-hybridized carbons (Fsp3) is 0.714. The van der Waals surface area contributed by atoms with Crippen LogP contribution in [-0.4, -0.2) is 22.6 Å². The molecular weight excluding hydrogens is 226 g/mol. The van der Waals surface area contributed by atoms with Gasteiger partial charge in [0, 0.05) is 17.8 Å². The van der Waals surface area contributed by atoms with Crippen molar-refractivity contribution in [1.82, 2.24) is 9.97 Å². The highest BCUT2D eigenvalue weighted by atomic mass is 16.5. The first-order valence-electron chi connectivity index (χ1n) is 6.76. The zero-order valence-corrected chi connectivity index (χ0v) is 11.8. The van der Waals surface area contributed by atoms with Gasteiger partial charge in [-0.05, 0) is 32.1 Å². The third-order valence-corrected chi connectivity index (χ3v) is 3.68. The van der Waals surface area contributed by atoms with E-state index in [-0.39, 0.29) is 0 Å². The van der Waals surface area contributed by atoms with Crippen molar-refractivity contribution in [2.24, 2.45) is 5.41 Å². The average molecular weight is 249 g/mol. The van der Waals surface area contributed by atoms with Crippen LogP contribution in [0.3, 0.4) is 0 Å². The fourth-order valence-corrected chi connectivity index (χ4v) is 2.58. The van der Waals surface area contributed by atoms with E-state index in [0.717, 1.165) is 5.69 Å². The van der Waals surface area contributed by atoms with Crippen molar-refractivity contribution in [2.75, 3.05) is 11.9 Å². The van der Waals surface area contributed by atoms with Crippen LogP contribution in [-0.2, 0) is 0 Å². The summed E-state index contributed by atoms with van der Waals surface area (Å²) in [5, 5.41) is 3.47. The van der Waals surface area contributed by atoms with Gasteiger partial charge < -0.3 is 10.1 Å². The zero-order chi connectivity index (χ0) is 13.2. The molecule has 4 nitrogen and oxygen atoms in total. The van der Waals surface area contributed by atoms with E-state index in [2.05, 4.69) is 29.1 Å². The molecule has 1 aromatic heterocycles. The molecule has 0 amide bonds. The number of hydrogen-bond donors (Lipinski definition) is 1. The maximum atomic E-state index is 5.45. The Morgan fingerprint density at radius 2 is 2.22 bits per heavy atom. The van der Waals surface area contributed by atoms with Gasteiger partial charge in [-0.1, -0.05) is 20.3 Å². The number of aromatic nitrogens is 2. The first-order chi connectivity index (χ1) is 8.51. The van der Waals surface area contributed by atoms with E-state index in [0.29, 0.717) is 29.9 Å². The van der Waals surface area contributed by atoms with Gasteiger partial charge in [-0.2, -0.15) is 4.98 Å². The quantitative estimate of drug-likeness (QED) is 0.890. The standard InChI is InChI=1S/C14H23N3O/c1-5-18-12-9-10(2)15-13(17-12)16-11-7-6-8-14(11,3)4/h9,11H,5-8H2,1-4H3,(H,15,16,17). The molecule has 1 saturated carbocycles. The zero-order valence-electron chi connectivity index (χ0n) is 11.8. The molecule has 1 atom stereocenters. The molecule has 2 rings (SSSR count). The lowest BCUT2D eigenvalue weighted by molar-refractivity contribution is 0.324. The molecule has 1 fully saturated rings. The molecule has 1 aliphatic rings. The Balaban J connectivity index is 2.13. The Kier molecular flexibility index (Phi) is 3.73. The topological polar surface area (TPSA) is 47.0 Å². The smallest absolute Gasteiger partial charge is 0.226 e. The Hall–Kier alpha value is -1.32. The van der Waals surface area contributed by atoms with Gasteiger partial charge in [0.1, 0.15) is 0 Å². The van der Waals surface area contributed by atoms with E-state index < -0.39 is 0 Å². The fourth-order valence-electron chi connectivity index (χ4n) is 2.58. The summed E-state index contributed by atoms with van der Waals surface area (Å²) in [6.07, 6.45) is 3.72. The van der Waals surface area contributed by atoms with Crippen molar-refractivity contribution in [1.29, 1.82) is 0 Å². The first kappa shape index (κ1) is 13.1. The van der Waals surface area contributed by atoms with Crippen molar-refractivity contribution in [2.45, 2.75) is 53.0 Å². The van der Waals surface area contributed by atoms with Gasteiger partial charge in [0.25, 0.3) is 0 Å². The lowest BCUT2D eigenvalue weighted by Gasteiger charge is -2.27. The highest BCUT2D eigenvalue weighted by Gasteiger charge is 2.34. The number of ether oxygens (including phenoxy) is 1. The summed E-state index contributed by atoms with van der Waals surface area (Å²) in [7, 11) is 0. The molecular formula is C14H23N3O. The van der Waals surface area contributed by atoms with E-state index >= 15 is 0 Å². The van der Waals surface area contributed by atoms with Crippen LogP contribution in [0, 0.1) is 12.3 Å². The van der Waals surface area contributed by atoms with Crippen LogP contribution in [0.2, 0.25) is 0 Å². The first-order valence-corrected chi connectivity index (χ1v) is 6.76. The molecule has 1 heterocycles. The molecule has 0 radical (unpaired) electrons. The van der Waals surface area contributed by atoms with Crippen molar-refractivity contribution in [3.05, 3.63) is 11.8 Å². The van der Waals surface area contributed by atoms with Crippen LogP contribution in [0.25, 0.3) is 0 Å². The van der Waals surface area contributed by atoms with Crippen LogP contribution in [0.4, 0.5) is 5.95 Å². The molecule has 0 saturated heterocycles. The van der Waals surface area contributed by atoms with Crippen molar-refractivity contribution < 1.29 is 4.74 Å². The van der Waals surface area contributed by atoms with Crippen LogP contribution in [0.1, 0.15) is 45.7 Å².